The van der Waals surface area contributed by atoms with Crippen molar-refractivity contribution in [3.8, 4) is 0 Å². The molecule has 1 atom stereocenters. The summed E-state index contributed by atoms with van der Waals surface area (Å²) in [6.07, 6.45) is -0.264. The molecule has 0 aliphatic rings. The second-order valence-electron chi connectivity index (χ2n) is 4.00. The van der Waals surface area contributed by atoms with Crippen molar-refractivity contribution in [3.63, 3.8) is 0 Å². The van der Waals surface area contributed by atoms with Crippen LogP contribution in [0.3, 0.4) is 0 Å². The molecule has 2 N–H and O–H groups in total. The minimum absolute atomic E-state index is 0.469. The van der Waals surface area contributed by atoms with Crippen LogP contribution in [0, 0.1) is 0 Å². The van der Waals surface area contributed by atoms with Gasteiger partial charge in [-0.2, -0.15) is 0 Å². The summed E-state index contributed by atoms with van der Waals surface area (Å²) in [5.74, 6) is 0. The summed E-state index contributed by atoms with van der Waals surface area (Å²) in [5.41, 5.74) is -0.0320. The molecular weight excluding hydrogens is 244 g/mol. The zero-order valence-corrected chi connectivity index (χ0v) is 9.95. The van der Waals surface area contributed by atoms with Crippen LogP contribution in [0.5, 0.6) is 0 Å². The van der Waals surface area contributed by atoms with E-state index >= 15 is 0 Å². The van der Waals surface area contributed by atoms with E-state index in [1.807, 2.05) is 24.3 Å². The number of halogens is 1. The number of benzene rings is 1. The zero-order valence-electron chi connectivity index (χ0n) is 8.37. The first kappa shape index (κ1) is 11.7. The van der Waals surface area contributed by atoms with Crippen LogP contribution in [0.2, 0.25) is 0 Å². The lowest BCUT2D eigenvalue weighted by atomic mass is 9.95. The summed E-state index contributed by atoms with van der Waals surface area (Å²) < 4.78 is 1.01. The van der Waals surface area contributed by atoms with Crippen LogP contribution in [0.15, 0.2) is 28.7 Å². The van der Waals surface area contributed by atoms with E-state index in [4.69, 9.17) is 0 Å². The summed E-state index contributed by atoms with van der Waals surface area (Å²) in [7, 11) is 0. The molecule has 0 aliphatic heterocycles. The zero-order chi connectivity index (χ0) is 10.8. The Balaban J connectivity index is 2.65. The molecule has 2 nitrogen and oxygen atoms in total. The van der Waals surface area contributed by atoms with Crippen LogP contribution < -0.4 is 0 Å². The number of hydrogen-bond donors (Lipinski definition) is 2. The first-order chi connectivity index (χ1) is 6.39. The number of rotatable bonds is 3. The fourth-order valence-electron chi connectivity index (χ4n) is 1.09. The molecule has 0 fully saturated rings. The Labute approximate surface area is 92.7 Å². The highest BCUT2D eigenvalue weighted by Gasteiger charge is 2.24. The van der Waals surface area contributed by atoms with Gasteiger partial charge in [0.15, 0.2) is 0 Å². The largest absolute Gasteiger partial charge is 0.390 e. The van der Waals surface area contributed by atoms with E-state index in [-0.39, 0.29) is 0 Å². The van der Waals surface area contributed by atoms with Gasteiger partial charge in [-0.25, -0.2) is 0 Å². The lowest BCUT2D eigenvalue weighted by Gasteiger charge is -2.24. The SMILES string of the molecule is CC(C)(O)C(O)Cc1ccc(Br)cc1. The van der Waals surface area contributed by atoms with E-state index in [1.165, 1.54) is 0 Å². The normalized spacial score (nSPS) is 14.1. The average molecular weight is 259 g/mol. The van der Waals surface area contributed by atoms with E-state index in [1.54, 1.807) is 13.8 Å². The first-order valence-corrected chi connectivity index (χ1v) is 5.34. The minimum atomic E-state index is -1.05. The minimum Gasteiger partial charge on any atom is -0.390 e. The van der Waals surface area contributed by atoms with Crippen LogP contribution in [-0.2, 0) is 6.42 Å². The maximum absolute atomic E-state index is 9.65. The Hall–Kier alpha value is -0.380. The highest BCUT2D eigenvalue weighted by atomic mass is 79.9. The molecule has 14 heavy (non-hydrogen) atoms. The standard InChI is InChI=1S/C11H15BrO2/c1-11(2,14)10(13)7-8-3-5-9(12)6-4-8/h3-6,10,13-14H,7H2,1-2H3. The number of aliphatic hydroxyl groups excluding tert-OH is 1. The molecule has 78 valence electrons. The average Bonchev–Trinajstić information content (AvgIpc) is 2.07. The fourth-order valence-corrected chi connectivity index (χ4v) is 1.36. The maximum atomic E-state index is 9.65. The van der Waals surface area contributed by atoms with Crippen molar-refractivity contribution < 1.29 is 10.2 Å². The van der Waals surface area contributed by atoms with Gasteiger partial charge in [-0.1, -0.05) is 28.1 Å². The quantitative estimate of drug-likeness (QED) is 0.872. The molecule has 3 heteroatoms. The third-order valence-electron chi connectivity index (χ3n) is 2.16. The summed E-state index contributed by atoms with van der Waals surface area (Å²) in [6.45, 7) is 3.22. The topological polar surface area (TPSA) is 40.5 Å². The van der Waals surface area contributed by atoms with Gasteiger partial charge in [-0.3, -0.25) is 0 Å². The third kappa shape index (κ3) is 3.40. The lowest BCUT2D eigenvalue weighted by molar-refractivity contribution is -0.0469. The molecule has 0 amide bonds. The van der Waals surface area contributed by atoms with Gasteiger partial charge in [-0.15, -0.1) is 0 Å². The number of hydrogen-bond acceptors (Lipinski definition) is 2. The Morgan fingerprint density at radius 1 is 1.29 bits per heavy atom. The van der Waals surface area contributed by atoms with E-state index < -0.39 is 11.7 Å². The molecule has 0 aromatic heterocycles. The molecule has 1 aromatic carbocycles. The highest BCUT2D eigenvalue weighted by Crippen LogP contribution is 2.16. The van der Waals surface area contributed by atoms with Gasteiger partial charge < -0.3 is 10.2 Å². The van der Waals surface area contributed by atoms with Crippen molar-refractivity contribution in [2.45, 2.75) is 32.0 Å². The molecule has 0 saturated carbocycles. The van der Waals surface area contributed by atoms with Crippen molar-refractivity contribution >= 4 is 15.9 Å². The van der Waals surface area contributed by atoms with E-state index in [2.05, 4.69) is 15.9 Å². The predicted molar refractivity (Wildman–Crippen MR) is 60.2 cm³/mol. The molecule has 0 radical (unpaired) electrons. The molecule has 0 spiro atoms. The molecular formula is C11H15BrO2. The Kier molecular flexibility index (Phi) is 3.70. The van der Waals surface area contributed by atoms with Crippen LogP contribution in [0.25, 0.3) is 0 Å². The number of aliphatic hydroxyl groups is 2. The van der Waals surface area contributed by atoms with Crippen LogP contribution in [-0.4, -0.2) is 21.9 Å². The van der Waals surface area contributed by atoms with Gasteiger partial charge in [0.2, 0.25) is 0 Å². The maximum Gasteiger partial charge on any atom is 0.0861 e. The Morgan fingerprint density at radius 2 is 1.79 bits per heavy atom. The molecule has 1 aromatic rings. The Bertz CT molecular complexity index is 287. The fraction of sp³-hybridized carbons (Fsp3) is 0.455. The van der Waals surface area contributed by atoms with Crippen LogP contribution >= 0.6 is 15.9 Å². The first-order valence-electron chi connectivity index (χ1n) is 4.54. The van der Waals surface area contributed by atoms with Crippen molar-refractivity contribution in [3.05, 3.63) is 34.3 Å². The van der Waals surface area contributed by atoms with E-state index in [0.717, 1.165) is 10.0 Å². The van der Waals surface area contributed by atoms with Crippen molar-refractivity contribution in [1.82, 2.24) is 0 Å². The summed E-state index contributed by atoms with van der Waals surface area (Å²) in [6, 6.07) is 7.71. The Morgan fingerprint density at radius 3 is 2.21 bits per heavy atom. The van der Waals surface area contributed by atoms with Gasteiger partial charge in [0, 0.05) is 10.9 Å². The van der Waals surface area contributed by atoms with Gasteiger partial charge in [0.1, 0.15) is 0 Å². The van der Waals surface area contributed by atoms with Crippen LogP contribution in [0.1, 0.15) is 19.4 Å². The molecule has 1 rings (SSSR count). The monoisotopic (exact) mass is 258 g/mol. The van der Waals surface area contributed by atoms with Crippen molar-refractivity contribution in [2.24, 2.45) is 0 Å². The van der Waals surface area contributed by atoms with Crippen molar-refractivity contribution in [1.29, 1.82) is 0 Å². The van der Waals surface area contributed by atoms with Gasteiger partial charge >= 0.3 is 0 Å². The second-order valence-corrected chi connectivity index (χ2v) is 4.92. The molecule has 1 unspecified atom stereocenters. The summed E-state index contributed by atoms with van der Waals surface area (Å²) in [5, 5.41) is 19.2. The molecule has 0 bridgehead atoms. The third-order valence-corrected chi connectivity index (χ3v) is 2.69. The van der Waals surface area contributed by atoms with E-state index in [0.29, 0.717) is 6.42 Å². The second kappa shape index (κ2) is 4.43. The molecule has 0 aliphatic carbocycles. The van der Waals surface area contributed by atoms with Gasteiger partial charge in [-0.05, 0) is 31.5 Å². The predicted octanol–water partition coefficient (Wildman–Crippen LogP) is 2.12. The lowest BCUT2D eigenvalue weighted by Crippen LogP contribution is -2.37. The van der Waals surface area contributed by atoms with E-state index in [9.17, 15) is 10.2 Å². The van der Waals surface area contributed by atoms with Crippen LogP contribution in [0.4, 0.5) is 0 Å². The molecule has 0 saturated heterocycles. The highest BCUT2D eigenvalue weighted by molar-refractivity contribution is 9.10. The molecule has 0 heterocycles. The van der Waals surface area contributed by atoms with Crippen molar-refractivity contribution in [2.75, 3.05) is 0 Å². The summed E-state index contributed by atoms with van der Waals surface area (Å²) in [4.78, 5) is 0. The van der Waals surface area contributed by atoms with Gasteiger partial charge in [0.05, 0.1) is 11.7 Å². The smallest absolute Gasteiger partial charge is 0.0861 e. The summed E-state index contributed by atoms with van der Waals surface area (Å²) >= 11 is 3.34. The van der Waals surface area contributed by atoms with Gasteiger partial charge in [0.25, 0.3) is 0 Å².